The van der Waals surface area contributed by atoms with E-state index in [1.165, 1.54) is 5.56 Å². The van der Waals surface area contributed by atoms with Crippen LogP contribution in [0, 0.1) is 6.92 Å². The normalized spacial score (nSPS) is 16.5. The van der Waals surface area contributed by atoms with E-state index < -0.39 is 0 Å². The first kappa shape index (κ1) is 18.3. The number of aromatic nitrogens is 4. The number of carbonyl (C=O) groups is 1. The van der Waals surface area contributed by atoms with Crippen LogP contribution in [0.4, 0.5) is 0 Å². The summed E-state index contributed by atoms with van der Waals surface area (Å²) in [5.41, 5.74) is 2.14. The van der Waals surface area contributed by atoms with Gasteiger partial charge in [0.05, 0.1) is 24.1 Å². The Bertz CT molecular complexity index is 937. The van der Waals surface area contributed by atoms with Crippen LogP contribution in [0.2, 0.25) is 0 Å². The molecular weight excluding hydrogens is 350 g/mol. The van der Waals surface area contributed by atoms with Crippen molar-refractivity contribution >= 4 is 5.91 Å². The van der Waals surface area contributed by atoms with E-state index in [1.54, 1.807) is 18.6 Å². The van der Waals surface area contributed by atoms with Crippen molar-refractivity contribution in [2.24, 2.45) is 0 Å². The average molecular weight is 375 g/mol. The van der Waals surface area contributed by atoms with Gasteiger partial charge in [-0.2, -0.15) is 0 Å². The summed E-state index contributed by atoms with van der Waals surface area (Å²) in [6.07, 6.45) is 11.5. The molecule has 1 saturated heterocycles. The fourth-order valence-corrected chi connectivity index (χ4v) is 3.87. The van der Waals surface area contributed by atoms with Crippen molar-refractivity contribution in [1.29, 1.82) is 0 Å². The quantitative estimate of drug-likeness (QED) is 0.660. The molecule has 4 rings (SSSR count). The fourth-order valence-electron chi connectivity index (χ4n) is 3.87. The van der Waals surface area contributed by atoms with Crippen LogP contribution >= 0.6 is 0 Å². The number of rotatable bonds is 6. The highest BCUT2D eigenvalue weighted by Gasteiger charge is 2.31. The number of benzene rings is 1. The van der Waals surface area contributed by atoms with Gasteiger partial charge in [0, 0.05) is 25.4 Å². The molecule has 0 unspecified atom stereocenters. The van der Waals surface area contributed by atoms with Gasteiger partial charge in [-0.15, -0.1) is 0 Å². The van der Waals surface area contributed by atoms with Crippen LogP contribution < -0.4 is 0 Å². The second-order valence-electron chi connectivity index (χ2n) is 7.23. The maximum Gasteiger partial charge on any atom is 0.223 e. The number of amides is 1. The van der Waals surface area contributed by atoms with E-state index in [-0.39, 0.29) is 11.9 Å². The van der Waals surface area contributed by atoms with E-state index in [0.29, 0.717) is 6.42 Å². The van der Waals surface area contributed by atoms with Gasteiger partial charge in [-0.1, -0.05) is 30.3 Å². The smallest absolute Gasteiger partial charge is 0.223 e. The number of hydrogen-bond donors (Lipinski definition) is 0. The molecule has 0 N–H and O–H groups in total. The minimum absolute atomic E-state index is 0.0144. The molecule has 1 atom stereocenters. The van der Waals surface area contributed by atoms with Crippen LogP contribution in [0.15, 0.2) is 55.1 Å². The minimum Gasteiger partial charge on any atom is -0.334 e. The van der Waals surface area contributed by atoms with Crippen LogP contribution in [-0.4, -0.2) is 36.9 Å². The predicted molar refractivity (Wildman–Crippen MR) is 107 cm³/mol. The lowest BCUT2D eigenvalue weighted by Crippen LogP contribution is -2.31. The second kappa shape index (κ2) is 8.33. The Morgan fingerprint density at radius 2 is 2.07 bits per heavy atom. The molecule has 28 heavy (non-hydrogen) atoms. The zero-order valence-electron chi connectivity index (χ0n) is 16.2. The third kappa shape index (κ3) is 3.96. The minimum atomic E-state index is 0.0144. The summed E-state index contributed by atoms with van der Waals surface area (Å²) in [6, 6.07) is 10.3. The largest absolute Gasteiger partial charge is 0.334 e. The van der Waals surface area contributed by atoms with Gasteiger partial charge < -0.3 is 4.90 Å². The highest BCUT2D eigenvalue weighted by Crippen LogP contribution is 2.31. The Morgan fingerprint density at radius 3 is 2.86 bits per heavy atom. The first-order valence-corrected chi connectivity index (χ1v) is 9.88. The summed E-state index contributed by atoms with van der Waals surface area (Å²) >= 11 is 0. The molecule has 3 aromatic rings. The molecule has 1 amide bonds. The van der Waals surface area contributed by atoms with Crippen molar-refractivity contribution < 1.29 is 4.79 Å². The summed E-state index contributed by atoms with van der Waals surface area (Å²) in [5.74, 6) is 1.83. The monoisotopic (exact) mass is 375 g/mol. The van der Waals surface area contributed by atoms with Crippen molar-refractivity contribution in [3.63, 3.8) is 0 Å². The van der Waals surface area contributed by atoms with Gasteiger partial charge in [0.15, 0.2) is 5.82 Å². The number of hydrogen-bond acceptors (Lipinski definition) is 4. The second-order valence-corrected chi connectivity index (χ2v) is 7.23. The van der Waals surface area contributed by atoms with E-state index >= 15 is 0 Å². The van der Waals surface area contributed by atoms with Crippen LogP contribution in [0.1, 0.15) is 48.8 Å². The molecular formula is C22H25N5O. The molecule has 0 aliphatic carbocycles. The summed E-state index contributed by atoms with van der Waals surface area (Å²) in [7, 11) is 0. The third-order valence-electron chi connectivity index (χ3n) is 5.33. The predicted octanol–water partition coefficient (Wildman–Crippen LogP) is 3.66. The molecule has 0 bridgehead atoms. The molecule has 6 heteroatoms. The molecule has 0 radical (unpaired) electrons. The van der Waals surface area contributed by atoms with Gasteiger partial charge in [0.25, 0.3) is 0 Å². The summed E-state index contributed by atoms with van der Waals surface area (Å²) < 4.78 is 1.91. The molecule has 3 heterocycles. The zero-order valence-corrected chi connectivity index (χ0v) is 16.2. The first-order chi connectivity index (χ1) is 13.7. The van der Waals surface area contributed by atoms with Gasteiger partial charge in [-0.3, -0.25) is 14.3 Å². The van der Waals surface area contributed by atoms with Crippen molar-refractivity contribution in [3.05, 3.63) is 72.2 Å². The van der Waals surface area contributed by atoms with Crippen molar-refractivity contribution in [2.45, 2.75) is 45.1 Å². The van der Waals surface area contributed by atoms with Crippen molar-refractivity contribution in [2.75, 3.05) is 6.54 Å². The number of nitrogens with zero attached hydrogens (tertiary/aromatic N) is 5. The van der Waals surface area contributed by atoms with Gasteiger partial charge in [-0.25, -0.2) is 9.97 Å². The summed E-state index contributed by atoms with van der Waals surface area (Å²) in [4.78, 5) is 28.2. The standard InChI is InChI=1S/C22H25N5O/c1-17-24-12-14-26(17)21-16-23-15-19(25-21)20-10-6-13-27(20)22(28)11-5-9-18-7-3-2-4-8-18/h2-4,7-8,12,14-16,20H,5-6,9-11,13H2,1H3/t20-/m1/s1. The fraction of sp³-hybridized carbons (Fsp3) is 0.364. The molecule has 0 spiro atoms. The van der Waals surface area contributed by atoms with Crippen molar-refractivity contribution in [1.82, 2.24) is 24.4 Å². The van der Waals surface area contributed by atoms with Gasteiger partial charge in [-0.05, 0) is 38.2 Å². The first-order valence-electron chi connectivity index (χ1n) is 9.88. The van der Waals surface area contributed by atoms with E-state index in [9.17, 15) is 4.79 Å². The number of carbonyl (C=O) groups excluding carboxylic acids is 1. The lowest BCUT2D eigenvalue weighted by molar-refractivity contribution is -0.132. The summed E-state index contributed by atoms with van der Waals surface area (Å²) in [5, 5.41) is 0. The Labute approximate surface area is 165 Å². The van der Waals surface area contributed by atoms with Gasteiger partial charge in [0.2, 0.25) is 5.91 Å². The topological polar surface area (TPSA) is 63.9 Å². The summed E-state index contributed by atoms with van der Waals surface area (Å²) in [6.45, 7) is 2.73. The van der Waals surface area contributed by atoms with Gasteiger partial charge in [0.1, 0.15) is 5.82 Å². The lowest BCUT2D eigenvalue weighted by Gasteiger charge is -2.24. The highest BCUT2D eigenvalue weighted by molar-refractivity contribution is 5.77. The highest BCUT2D eigenvalue weighted by atomic mass is 16.2. The van der Waals surface area contributed by atoms with Crippen molar-refractivity contribution in [3.8, 4) is 5.82 Å². The Kier molecular flexibility index (Phi) is 5.46. The lowest BCUT2D eigenvalue weighted by atomic mass is 10.1. The Morgan fingerprint density at radius 1 is 1.21 bits per heavy atom. The van der Waals surface area contributed by atoms with E-state index in [0.717, 1.165) is 49.6 Å². The maximum atomic E-state index is 12.8. The van der Waals surface area contributed by atoms with E-state index in [2.05, 4.69) is 22.1 Å². The maximum absolute atomic E-state index is 12.8. The van der Waals surface area contributed by atoms with Crippen LogP contribution in [0.5, 0.6) is 0 Å². The van der Waals surface area contributed by atoms with Crippen LogP contribution in [0.3, 0.4) is 0 Å². The molecule has 2 aromatic heterocycles. The van der Waals surface area contributed by atoms with Crippen LogP contribution in [-0.2, 0) is 11.2 Å². The molecule has 1 fully saturated rings. The molecule has 1 aliphatic rings. The van der Waals surface area contributed by atoms with E-state index in [1.807, 2.05) is 40.8 Å². The zero-order chi connectivity index (χ0) is 19.3. The van der Waals surface area contributed by atoms with Gasteiger partial charge >= 0.3 is 0 Å². The number of imidazole rings is 1. The Hall–Kier alpha value is -3.02. The Balaban J connectivity index is 1.43. The number of likely N-dealkylation sites (tertiary alicyclic amines) is 1. The SMILES string of the molecule is Cc1nccn1-c1cncc([C@H]2CCCN2C(=O)CCCc2ccccc2)n1. The van der Waals surface area contributed by atoms with E-state index in [4.69, 9.17) is 4.98 Å². The number of aryl methyl sites for hydroxylation is 2. The average Bonchev–Trinajstić information content (AvgIpc) is 3.38. The molecule has 6 nitrogen and oxygen atoms in total. The third-order valence-corrected chi connectivity index (χ3v) is 5.33. The molecule has 144 valence electrons. The van der Waals surface area contributed by atoms with Crippen LogP contribution in [0.25, 0.3) is 5.82 Å². The molecule has 1 aliphatic heterocycles. The molecule has 1 aromatic carbocycles. The molecule has 0 saturated carbocycles.